The smallest absolute Gasteiger partial charge is 0.323 e. The summed E-state index contributed by atoms with van der Waals surface area (Å²) in [5.41, 5.74) is -0.478. The number of anilines is 1. The Morgan fingerprint density at radius 3 is 2.44 bits per heavy atom. The molecule has 1 heterocycles. The van der Waals surface area contributed by atoms with Gasteiger partial charge in [-0.3, -0.25) is 4.79 Å². The molecule has 1 aromatic rings. The third-order valence-electron chi connectivity index (χ3n) is 2.10. The molecule has 0 atom stereocenters. The maximum atomic E-state index is 10.9. The fourth-order valence-corrected chi connectivity index (χ4v) is 1.43. The Kier molecular flexibility index (Phi) is 4.28. The summed E-state index contributed by atoms with van der Waals surface area (Å²) in [6, 6.07) is 0.0460. The van der Waals surface area contributed by atoms with Crippen LogP contribution in [0.25, 0.3) is 0 Å². The van der Waals surface area contributed by atoms with Gasteiger partial charge in [0.05, 0.1) is 7.11 Å². The number of hydrogen-bond donors (Lipinski definition) is 1. The molecule has 1 rings (SSSR count). The van der Waals surface area contributed by atoms with Crippen molar-refractivity contribution in [2.75, 3.05) is 18.6 Å². The van der Waals surface area contributed by atoms with E-state index < -0.39 is 11.5 Å². The highest BCUT2D eigenvalue weighted by atomic mass is 35.5. The van der Waals surface area contributed by atoms with Crippen LogP contribution in [0.1, 0.15) is 20.8 Å². The van der Waals surface area contributed by atoms with Gasteiger partial charge in [0, 0.05) is 5.54 Å². The second-order valence-corrected chi connectivity index (χ2v) is 4.88. The number of aliphatic carboxylic acids is 1. The summed E-state index contributed by atoms with van der Waals surface area (Å²) < 4.78 is 4.88. The standard InChI is InChI=1S/C10H15ClN4O3/c1-10(2,3)15(5-6(16)17)8-12-7(11)13-9(14-8)18-4/h5H2,1-4H3,(H,16,17). The largest absolute Gasteiger partial charge is 0.480 e. The lowest BCUT2D eigenvalue weighted by molar-refractivity contribution is -0.135. The molecule has 8 heteroatoms. The minimum atomic E-state index is -0.986. The molecular formula is C10H15ClN4O3. The lowest BCUT2D eigenvalue weighted by atomic mass is 10.1. The minimum absolute atomic E-state index is 0.0449. The second kappa shape index (κ2) is 5.34. The third kappa shape index (κ3) is 3.69. The average Bonchev–Trinajstić information content (AvgIpc) is 2.23. The van der Waals surface area contributed by atoms with E-state index in [-0.39, 0.29) is 23.8 Å². The summed E-state index contributed by atoms with van der Waals surface area (Å²) in [5.74, 6) is -0.817. The van der Waals surface area contributed by atoms with Gasteiger partial charge in [0.1, 0.15) is 6.54 Å². The lowest BCUT2D eigenvalue weighted by Crippen LogP contribution is -2.45. The van der Waals surface area contributed by atoms with E-state index >= 15 is 0 Å². The molecule has 100 valence electrons. The van der Waals surface area contributed by atoms with Gasteiger partial charge in [-0.2, -0.15) is 15.0 Å². The summed E-state index contributed by atoms with van der Waals surface area (Å²) in [4.78, 5) is 24.1. The van der Waals surface area contributed by atoms with E-state index in [9.17, 15) is 4.79 Å². The van der Waals surface area contributed by atoms with Gasteiger partial charge in [-0.25, -0.2) is 0 Å². The van der Waals surface area contributed by atoms with E-state index in [1.54, 1.807) is 0 Å². The minimum Gasteiger partial charge on any atom is -0.480 e. The highest BCUT2D eigenvalue weighted by molar-refractivity contribution is 6.28. The van der Waals surface area contributed by atoms with Gasteiger partial charge in [0.2, 0.25) is 11.2 Å². The predicted molar refractivity (Wildman–Crippen MR) is 66.1 cm³/mol. The molecule has 0 fully saturated rings. The number of methoxy groups -OCH3 is 1. The number of nitrogens with zero attached hydrogens (tertiary/aromatic N) is 4. The van der Waals surface area contributed by atoms with Gasteiger partial charge in [-0.1, -0.05) is 0 Å². The van der Waals surface area contributed by atoms with Crippen molar-refractivity contribution in [2.45, 2.75) is 26.3 Å². The van der Waals surface area contributed by atoms with Crippen molar-refractivity contribution in [3.05, 3.63) is 5.28 Å². The van der Waals surface area contributed by atoms with Gasteiger partial charge in [-0.05, 0) is 32.4 Å². The van der Waals surface area contributed by atoms with Crippen molar-refractivity contribution in [1.82, 2.24) is 15.0 Å². The first-order valence-corrected chi connectivity index (χ1v) is 5.57. The van der Waals surface area contributed by atoms with Gasteiger partial charge < -0.3 is 14.7 Å². The highest BCUT2D eigenvalue weighted by Crippen LogP contribution is 2.22. The van der Waals surface area contributed by atoms with Crippen LogP contribution in [0.4, 0.5) is 5.95 Å². The number of carboxylic acids is 1. The summed E-state index contributed by atoms with van der Waals surface area (Å²) in [6.45, 7) is 5.30. The third-order valence-corrected chi connectivity index (χ3v) is 2.27. The zero-order chi connectivity index (χ0) is 13.9. The van der Waals surface area contributed by atoms with Crippen LogP contribution in [0.15, 0.2) is 0 Å². The summed E-state index contributed by atoms with van der Waals surface area (Å²) >= 11 is 5.74. The van der Waals surface area contributed by atoms with Crippen molar-refractivity contribution in [3.63, 3.8) is 0 Å². The van der Waals surface area contributed by atoms with Crippen LogP contribution in [0.3, 0.4) is 0 Å². The Morgan fingerprint density at radius 1 is 1.39 bits per heavy atom. The maximum absolute atomic E-state index is 10.9. The van der Waals surface area contributed by atoms with Crippen LogP contribution in [0, 0.1) is 0 Å². The molecule has 0 bridgehead atoms. The lowest BCUT2D eigenvalue weighted by Gasteiger charge is -2.34. The molecule has 18 heavy (non-hydrogen) atoms. The second-order valence-electron chi connectivity index (χ2n) is 4.54. The van der Waals surface area contributed by atoms with E-state index in [0.29, 0.717) is 0 Å². The van der Waals surface area contributed by atoms with Gasteiger partial charge in [0.15, 0.2) is 0 Å². The van der Waals surface area contributed by atoms with E-state index in [4.69, 9.17) is 21.4 Å². The topological polar surface area (TPSA) is 88.4 Å². The Hall–Kier alpha value is -1.63. The van der Waals surface area contributed by atoms with Crippen LogP contribution in [0.5, 0.6) is 6.01 Å². The normalized spacial score (nSPS) is 11.2. The number of carbonyl (C=O) groups is 1. The van der Waals surface area contributed by atoms with Crippen LogP contribution in [0.2, 0.25) is 5.28 Å². The van der Waals surface area contributed by atoms with Crippen LogP contribution in [-0.4, -0.2) is 45.2 Å². The van der Waals surface area contributed by atoms with Gasteiger partial charge in [0.25, 0.3) is 0 Å². The molecule has 0 aliphatic carbocycles. The van der Waals surface area contributed by atoms with Crippen LogP contribution < -0.4 is 9.64 Å². The molecule has 0 saturated carbocycles. The molecule has 0 radical (unpaired) electrons. The van der Waals surface area contributed by atoms with E-state index in [1.807, 2.05) is 20.8 Å². The summed E-state index contributed by atoms with van der Waals surface area (Å²) in [5, 5.41) is 8.88. The molecule has 0 spiro atoms. The first kappa shape index (κ1) is 14.4. The SMILES string of the molecule is COc1nc(Cl)nc(N(CC(=O)O)C(C)(C)C)n1. The highest BCUT2D eigenvalue weighted by Gasteiger charge is 2.27. The zero-order valence-corrected chi connectivity index (χ0v) is 11.4. The van der Waals surface area contributed by atoms with E-state index in [2.05, 4.69) is 15.0 Å². The Bertz CT molecular complexity index is 447. The molecule has 1 aromatic heterocycles. The van der Waals surface area contributed by atoms with Crippen molar-refractivity contribution < 1.29 is 14.6 Å². The molecule has 0 saturated heterocycles. The molecule has 0 aromatic carbocycles. The average molecular weight is 275 g/mol. The van der Waals surface area contributed by atoms with Crippen molar-refractivity contribution in [3.8, 4) is 6.01 Å². The molecule has 7 nitrogen and oxygen atoms in total. The number of halogens is 1. The fourth-order valence-electron chi connectivity index (χ4n) is 1.28. The van der Waals surface area contributed by atoms with Crippen molar-refractivity contribution in [2.24, 2.45) is 0 Å². The van der Waals surface area contributed by atoms with E-state index in [0.717, 1.165) is 0 Å². The predicted octanol–water partition coefficient (Wildman–Crippen LogP) is 1.22. The first-order valence-electron chi connectivity index (χ1n) is 5.19. The molecule has 0 aliphatic rings. The molecule has 0 unspecified atom stereocenters. The summed E-state index contributed by atoms with van der Waals surface area (Å²) in [7, 11) is 1.40. The molecule has 0 amide bonds. The number of carboxylic acid groups (broad SMARTS) is 1. The fraction of sp³-hybridized carbons (Fsp3) is 0.600. The maximum Gasteiger partial charge on any atom is 0.323 e. The molecular weight excluding hydrogens is 260 g/mol. The monoisotopic (exact) mass is 274 g/mol. The molecule has 1 N–H and O–H groups in total. The number of hydrogen-bond acceptors (Lipinski definition) is 6. The zero-order valence-electron chi connectivity index (χ0n) is 10.6. The quantitative estimate of drug-likeness (QED) is 0.883. The Balaban J connectivity index is 3.20. The van der Waals surface area contributed by atoms with Crippen molar-refractivity contribution in [1.29, 1.82) is 0 Å². The summed E-state index contributed by atoms with van der Waals surface area (Å²) in [6.07, 6.45) is 0. The van der Waals surface area contributed by atoms with Crippen molar-refractivity contribution >= 4 is 23.5 Å². The van der Waals surface area contributed by atoms with Crippen LogP contribution >= 0.6 is 11.6 Å². The molecule has 0 aliphatic heterocycles. The Morgan fingerprint density at radius 2 is 2.00 bits per heavy atom. The number of ether oxygens (including phenoxy) is 1. The van der Waals surface area contributed by atoms with Gasteiger partial charge >= 0.3 is 12.0 Å². The van der Waals surface area contributed by atoms with Crippen LogP contribution in [-0.2, 0) is 4.79 Å². The number of rotatable bonds is 4. The van der Waals surface area contributed by atoms with Gasteiger partial charge in [-0.15, -0.1) is 0 Å². The number of aromatic nitrogens is 3. The van der Waals surface area contributed by atoms with E-state index in [1.165, 1.54) is 12.0 Å². The Labute approximate surface area is 110 Å². The first-order chi connectivity index (χ1) is 8.24.